The minimum Gasteiger partial charge on any atom is -0.481 e. The molecule has 2 N–H and O–H groups in total. The van der Waals surface area contributed by atoms with Crippen molar-refractivity contribution in [2.75, 3.05) is 5.32 Å². The molecule has 0 saturated heterocycles. The first-order chi connectivity index (χ1) is 12.5. The quantitative estimate of drug-likeness (QED) is 0.811. The topological polar surface area (TPSA) is 84.2 Å². The summed E-state index contributed by atoms with van der Waals surface area (Å²) in [7, 11) is 0. The molecule has 6 heteroatoms. The number of hydrogen-bond acceptors (Lipinski definition) is 3. The average molecular weight is 351 g/mol. The van der Waals surface area contributed by atoms with Gasteiger partial charge in [0.25, 0.3) is 0 Å². The second-order valence-electron chi connectivity index (χ2n) is 7.21. The molecule has 4 rings (SSSR count). The van der Waals surface area contributed by atoms with E-state index in [2.05, 4.69) is 22.5 Å². The monoisotopic (exact) mass is 351 g/mol. The Morgan fingerprint density at radius 3 is 2.54 bits per heavy atom. The summed E-state index contributed by atoms with van der Waals surface area (Å²) in [5, 5.41) is 16.7. The molecule has 2 aliphatic carbocycles. The molecule has 26 heavy (non-hydrogen) atoms. The van der Waals surface area contributed by atoms with Gasteiger partial charge in [0.15, 0.2) is 5.82 Å². The van der Waals surface area contributed by atoms with Crippen LogP contribution in [0.4, 0.5) is 5.82 Å². The SMILES string of the molecule is Cc1ccc(Cn2ccc(NC(=O)[C@H]3[C@@H](C(=O)O)[C@H]4C=C[C@@H]3C4)n2)cc1. The predicted molar refractivity (Wildman–Crippen MR) is 96.5 cm³/mol. The van der Waals surface area contributed by atoms with E-state index in [0.717, 1.165) is 12.0 Å². The number of aromatic nitrogens is 2. The van der Waals surface area contributed by atoms with Gasteiger partial charge in [0.2, 0.25) is 5.91 Å². The van der Waals surface area contributed by atoms with Gasteiger partial charge in [0.1, 0.15) is 0 Å². The smallest absolute Gasteiger partial charge is 0.307 e. The molecule has 0 aliphatic heterocycles. The maximum atomic E-state index is 12.7. The second-order valence-corrected chi connectivity index (χ2v) is 7.21. The van der Waals surface area contributed by atoms with Crippen LogP contribution in [0.1, 0.15) is 17.5 Å². The van der Waals surface area contributed by atoms with Crippen molar-refractivity contribution in [2.45, 2.75) is 19.9 Å². The van der Waals surface area contributed by atoms with E-state index in [1.807, 2.05) is 37.4 Å². The Labute approximate surface area is 151 Å². The number of carbonyl (C=O) groups excluding carboxylic acids is 1. The van der Waals surface area contributed by atoms with Crippen molar-refractivity contribution < 1.29 is 14.7 Å². The lowest BCUT2D eigenvalue weighted by molar-refractivity contribution is -0.146. The van der Waals surface area contributed by atoms with Crippen LogP contribution in [0.25, 0.3) is 0 Å². The summed E-state index contributed by atoms with van der Waals surface area (Å²) in [6.07, 6.45) is 6.47. The lowest BCUT2D eigenvalue weighted by Crippen LogP contribution is -2.36. The molecule has 0 unspecified atom stereocenters. The number of carboxylic acids is 1. The van der Waals surface area contributed by atoms with Gasteiger partial charge in [0, 0.05) is 12.3 Å². The molecule has 2 aliphatic rings. The zero-order valence-corrected chi connectivity index (χ0v) is 14.5. The zero-order chi connectivity index (χ0) is 18.3. The number of nitrogens with one attached hydrogen (secondary N) is 1. The number of rotatable bonds is 5. The molecule has 1 saturated carbocycles. The molecule has 1 heterocycles. The molecule has 1 amide bonds. The number of nitrogens with zero attached hydrogens (tertiary/aromatic N) is 2. The maximum Gasteiger partial charge on any atom is 0.307 e. The molecule has 6 nitrogen and oxygen atoms in total. The van der Waals surface area contributed by atoms with Crippen molar-refractivity contribution in [3.8, 4) is 0 Å². The molecular weight excluding hydrogens is 330 g/mol. The van der Waals surface area contributed by atoms with Crippen LogP contribution in [0.2, 0.25) is 0 Å². The third-order valence-corrected chi connectivity index (χ3v) is 5.40. The predicted octanol–water partition coefficient (Wildman–Crippen LogP) is 2.70. The summed E-state index contributed by atoms with van der Waals surface area (Å²) in [6, 6.07) is 9.94. The van der Waals surface area contributed by atoms with Crippen molar-refractivity contribution in [1.82, 2.24) is 9.78 Å². The summed E-state index contributed by atoms with van der Waals surface area (Å²) < 4.78 is 1.76. The standard InChI is InChI=1S/C20H21N3O3/c1-12-2-4-13(5-3-12)11-23-9-8-16(22-23)21-19(24)17-14-6-7-15(10-14)18(17)20(25)26/h2-9,14-15,17-18H,10-11H2,1H3,(H,25,26)(H,21,22,24)/t14-,15+,17-,18+/m1/s1. The summed E-state index contributed by atoms with van der Waals surface area (Å²) >= 11 is 0. The zero-order valence-electron chi connectivity index (χ0n) is 14.5. The number of anilines is 1. The maximum absolute atomic E-state index is 12.7. The van der Waals surface area contributed by atoms with Crippen LogP contribution in [-0.4, -0.2) is 26.8 Å². The van der Waals surface area contributed by atoms with E-state index in [1.165, 1.54) is 5.56 Å². The van der Waals surface area contributed by atoms with Crippen molar-refractivity contribution in [1.29, 1.82) is 0 Å². The van der Waals surface area contributed by atoms with E-state index < -0.39 is 17.8 Å². The Kier molecular flexibility index (Phi) is 4.11. The molecule has 1 aromatic carbocycles. The van der Waals surface area contributed by atoms with E-state index >= 15 is 0 Å². The fourth-order valence-electron chi connectivity index (χ4n) is 4.12. The molecule has 2 bridgehead atoms. The van der Waals surface area contributed by atoms with Crippen LogP contribution in [0.15, 0.2) is 48.7 Å². The Morgan fingerprint density at radius 2 is 1.85 bits per heavy atom. The number of amides is 1. The van der Waals surface area contributed by atoms with Crippen molar-refractivity contribution in [3.05, 3.63) is 59.8 Å². The van der Waals surface area contributed by atoms with Crippen LogP contribution in [0.3, 0.4) is 0 Å². The summed E-state index contributed by atoms with van der Waals surface area (Å²) in [6.45, 7) is 2.66. The molecule has 1 fully saturated rings. The Hall–Kier alpha value is -2.89. The van der Waals surface area contributed by atoms with Gasteiger partial charge in [-0.15, -0.1) is 0 Å². The number of aliphatic carboxylic acids is 1. The molecule has 1 aromatic heterocycles. The highest BCUT2D eigenvalue weighted by Gasteiger charge is 2.51. The molecule has 2 aromatic rings. The average Bonchev–Trinajstić information content (AvgIpc) is 3.32. The van der Waals surface area contributed by atoms with E-state index in [-0.39, 0.29) is 17.7 Å². The lowest BCUT2D eigenvalue weighted by Gasteiger charge is -2.23. The Bertz CT molecular complexity index is 869. The van der Waals surface area contributed by atoms with Crippen LogP contribution in [-0.2, 0) is 16.1 Å². The molecular formula is C20H21N3O3. The fraction of sp³-hybridized carbons (Fsp3) is 0.350. The second kappa shape index (κ2) is 6.44. The minimum atomic E-state index is -0.896. The molecule has 0 spiro atoms. The van der Waals surface area contributed by atoms with E-state index in [4.69, 9.17) is 0 Å². The molecule has 0 radical (unpaired) electrons. The van der Waals surface area contributed by atoms with E-state index in [0.29, 0.717) is 12.4 Å². The van der Waals surface area contributed by atoms with Gasteiger partial charge in [-0.2, -0.15) is 5.10 Å². The third kappa shape index (κ3) is 3.03. The summed E-state index contributed by atoms with van der Waals surface area (Å²) in [4.78, 5) is 24.2. The van der Waals surface area contributed by atoms with Gasteiger partial charge in [-0.3, -0.25) is 14.3 Å². The first-order valence-electron chi connectivity index (χ1n) is 8.82. The highest BCUT2D eigenvalue weighted by Crippen LogP contribution is 2.48. The number of carbonyl (C=O) groups is 2. The molecule has 134 valence electrons. The first-order valence-corrected chi connectivity index (χ1v) is 8.82. The fourth-order valence-corrected chi connectivity index (χ4v) is 4.12. The van der Waals surface area contributed by atoms with Crippen molar-refractivity contribution >= 4 is 17.7 Å². The largest absolute Gasteiger partial charge is 0.481 e. The van der Waals surface area contributed by atoms with Gasteiger partial charge >= 0.3 is 5.97 Å². The lowest BCUT2D eigenvalue weighted by atomic mass is 9.82. The Morgan fingerprint density at radius 1 is 1.15 bits per heavy atom. The van der Waals surface area contributed by atoms with Crippen LogP contribution >= 0.6 is 0 Å². The minimum absolute atomic E-state index is 0.00995. The number of fused-ring (bicyclic) bond motifs is 2. The van der Waals surface area contributed by atoms with Gasteiger partial charge in [-0.25, -0.2) is 0 Å². The van der Waals surface area contributed by atoms with Gasteiger partial charge < -0.3 is 10.4 Å². The summed E-state index contributed by atoms with van der Waals surface area (Å²) in [5.74, 6) is -1.88. The number of allylic oxidation sites excluding steroid dienone is 2. The van der Waals surface area contributed by atoms with Crippen LogP contribution in [0, 0.1) is 30.6 Å². The van der Waals surface area contributed by atoms with E-state index in [1.54, 1.807) is 10.7 Å². The Balaban J connectivity index is 1.44. The van der Waals surface area contributed by atoms with Crippen molar-refractivity contribution in [3.63, 3.8) is 0 Å². The van der Waals surface area contributed by atoms with Gasteiger partial charge in [-0.1, -0.05) is 42.0 Å². The number of benzene rings is 1. The first kappa shape index (κ1) is 16.6. The van der Waals surface area contributed by atoms with Crippen LogP contribution < -0.4 is 5.32 Å². The number of carboxylic acid groups (broad SMARTS) is 1. The van der Waals surface area contributed by atoms with Gasteiger partial charge in [0.05, 0.1) is 18.4 Å². The normalized spacial score (nSPS) is 26.2. The highest BCUT2D eigenvalue weighted by atomic mass is 16.4. The van der Waals surface area contributed by atoms with Gasteiger partial charge in [-0.05, 0) is 30.7 Å². The van der Waals surface area contributed by atoms with Crippen molar-refractivity contribution in [2.24, 2.45) is 23.7 Å². The number of aryl methyl sites for hydroxylation is 1. The van der Waals surface area contributed by atoms with E-state index in [9.17, 15) is 14.7 Å². The number of hydrogen-bond donors (Lipinski definition) is 2. The van der Waals surface area contributed by atoms with Crippen LogP contribution in [0.5, 0.6) is 0 Å². The highest BCUT2D eigenvalue weighted by molar-refractivity contribution is 5.95. The molecule has 4 atom stereocenters. The summed E-state index contributed by atoms with van der Waals surface area (Å²) in [5.41, 5.74) is 2.33. The third-order valence-electron chi connectivity index (χ3n) is 5.40.